The molecule has 0 bridgehead atoms. The van der Waals surface area contributed by atoms with Gasteiger partial charge in [-0.1, -0.05) is 16.3 Å². The van der Waals surface area contributed by atoms with E-state index < -0.39 is 0 Å². The molecule has 0 aliphatic carbocycles. The molecule has 2 heterocycles. The number of halogens is 1. The molecule has 1 saturated heterocycles. The molecular formula is C20H28ClN4O+. The van der Waals surface area contributed by atoms with Gasteiger partial charge in [-0.15, -0.1) is 0 Å². The van der Waals surface area contributed by atoms with Gasteiger partial charge >= 0.3 is 0 Å². The lowest BCUT2D eigenvalue weighted by Crippen LogP contribution is -2.51. The van der Waals surface area contributed by atoms with Crippen LogP contribution in [0.2, 0.25) is 5.02 Å². The lowest BCUT2D eigenvalue weighted by Gasteiger charge is -2.37. The van der Waals surface area contributed by atoms with E-state index in [-0.39, 0.29) is 11.9 Å². The molecule has 140 valence electrons. The highest BCUT2D eigenvalue weighted by molar-refractivity contribution is 6.30. The fourth-order valence-corrected chi connectivity index (χ4v) is 4.04. The van der Waals surface area contributed by atoms with Crippen LogP contribution in [0.5, 0.6) is 0 Å². The third-order valence-electron chi connectivity index (χ3n) is 5.40. The van der Waals surface area contributed by atoms with Gasteiger partial charge in [0.25, 0.3) is 5.91 Å². The van der Waals surface area contributed by atoms with E-state index in [4.69, 9.17) is 11.6 Å². The van der Waals surface area contributed by atoms with Crippen molar-refractivity contribution in [2.45, 2.75) is 46.7 Å². The van der Waals surface area contributed by atoms with Crippen molar-refractivity contribution >= 4 is 23.2 Å². The van der Waals surface area contributed by atoms with Gasteiger partial charge in [0.1, 0.15) is 11.3 Å². The number of nitrogens with zero attached hydrogens (tertiary/aromatic N) is 4. The van der Waals surface area contributed by atoms with Crippen LogP contribution in [0.3, 0.4) is 0 Å². The first-order valence-corrected chi connectivity index (χ1v) is 9.68. The summed E-state index contributed by atoms with van der Waals surface area (Å²) in [7, 11) is 0. The van der Waals surface area contributed by atoms with Crippen molar-refractivity contribution in [3.63, 3.8) is 0 Å². The molecule has 26 heavy (non-hydrogen) atoms. The van der Waals surface area contributed by atoms with Crippen LogP contribution in [0.15, 0.2) is 34.6 Å². The summed E-state index contributed by atoms with van der Waals surface area (Å²) in [5.74, 6) is 0.122. The van der Waals surface area contributed by atoms with Crippen molar-refractivity contribution in [3.05, 3.63) is 40.1 Å². The molecule has 0 N–H and O–H groups in total. The van der Waals surface area contributed by atoms with Gasteiger partial charge in [-0.25, -0.2) is 0 Å². The molecule has 1 atom stereocenters. The predicted molar refractivity (Wildman–Crippen MR) is 104 cm³/mol. The molecule has 5 nitrogen and oxygen atoms in total. The summed E-state index contributed by atoms with van der Waals surface area (Å²) in [6, 6.07) is 6.22. The van der Waals surface area contributed by atoms with Crippen LogP contribution in [-0.2, 0) is 4.79 Å². The Morgan fingerprint density at radius 2 is 1.88 bits per heavy atom. The number of carbonyl (C=O) groups is 1. The number of carbonyl (C=O) groups excluding carboxylic acids is 1. The average molecular weight is 376 g/mol. The predicted octanol–water partition coefficient (Wildman–Crippen LogP) is 3.97. The molecule has 1 amide bonds. The smallest absolute Gasteiger partial charge is 0.258 e. The van der Waals surface area contributed by atoms with Crippen LogP contribution in [0.1, 0.15) is 33.3 Å². The van der Waals surface area contributed by atoms with Gasteiger partial charge in [-0.3, -0.25) is 9.69 Å². The summed E-state index contributed by atoms with van der Waals surface area (Å²) in [6.45, 7) is 13.8. The van der Waals surface area contributed by atoms with Crippen LogP contribution in [0.4, 0.5) is 5.69 Å². The van der Waals surface area contributed by atoms with Gasteiger partial charge in [0, 0.05) is 55.8 Å². The third kappa shape index (κ3) is 3.55. The molecule has 0 spiro atoms. The van der Waals surface area contributed by atoms with E-state index in [9.17, 15) is 4.79 Å². The second-order valence-electron chi connectivity index (χ2n) is 7.47. The lowest BCUT2D eigenvalue weighted by molar-refractivity contribution is -0.528. The third-order valence-corrected chi connectivity index (χ3v) is 5.64. The fourth-order valence-electron chi connectivity index (χ4n) is 3.81. The Hall–Kier alpha value is -1.72. The number of allylic oxidation sites excluding steroid dienone is 1. The van der Waals surface area contributed by atoms with E-state index in [0.717, 1.165) is 48.7 Å². The average Bonchev–Trinajstić information content (AvgIpc) is 2.88. The minimum absolute atomic E-state index is 0.0782. The number of piperazine rings is 1. The minimum atomic E-state index is -0.0782. The largest absolute Gasteiger partial charge is 0.336 e. The molecule has 1 aromatic carbocycles. The maximum Gasteiger partial charge on any atom is 0.258 e. The summed E-state index contributed by atoms with van der Waals surface area (Å²) >= 11 is 6.08. The van der Waals surface area contributed by atoms with E-state index in [1.54, 1.807) is 0 Å². The highest BCUT2D eigenvalue weighted by Crippen LogP contribution is 2.32. The van der Waals surface area contributed by atoms with Crippen molar-refractivity contribution in [3.8, 4) is 0 Å². The Labute approximate surface area is 160 Å². The number of rotatable bonds is 3. The van der Waals surface area contributed by atoms with Gasteiger partial charge in [-0.2, -0.15) is 0 Å². The summed E-state index contributed by atoms with van der Waals surface area (Å²) in [4.78, 5) is 17.5. The Morgan fingerprint density at radius 3 is 2.46 bits per heavy atom. The highest BCUT2D eigenvalue weighted by Gasteiger charge is 2.40. The Morgan fingerprint density at radius 1 is 1.23 bits per heavy atom. The molecule has 2 aliphatic heterocycles. The number of benzene rings is 1. The molecule has 1 aromatic rings. The lowest BCUT2D eigenvalue weighted by atomic mass is 10.0. The van der Waals surface area contributed by atoms with Gasteiger partial charge in [-0.05, 0) is 44.9 Å². The van der Waals surface area contributed by atoms with Crippen LogP contribution >= 0.6 is 11.6 Å². The second-order valence-corrected chi connectivity index (χ2v) is 7.91. The maximum atomic E-state index is 13.2. The molecule has 6 heteroatoms. The van der Waals surface area contributed by atoms with E-state index >= 15 is 0 Å². The zero-order valence-corrected chi connectivity index (χ0v) is 17.0. The molecule has 1 unspecified atom stereocenters. The van der Waals surface area contributed by atoms with Crippen molar-refractivity contribution in [1.82, 2.24) is 9.80 Å². The summed E-state index contributed by atoms with van der Waals surface area (Å²) in [5.41, 5.74) is 3.66. The first-order chi connectivity index (χ1) is 12.3. The molecule has 3 rings (SSSR count). The highest BCUT2D eigenvalue weighted by atomic mass is 35.5. The van der Waals surface area contributed by atoms with Gasteiger partial charge < -0.3 is 4.90 Å². The Kier molecular flexibility index (Phi) is 5.49. The van der Waals surface area contributed by atoms with Crippen LogP contribution in [0.25, 0.3) is 0 Å². The van der Waals surface area contributed by atoms with E-state index in [1.165, 1.54) is 0 Å². The molecule has 2 aliphatic rings. The quantitative estimate of drug-likeness (QED) is 0.750. The van der Waals surface area contributed by atoms with Crippen molar-refractivity contribution in [2.75, 3.05) is 26.2 Å². The van der Waals surface area contributed by atoms with Crippen LogP contribution in [-0.4, -0.2) is 58.7 Å². The Balaban J connectivity index is 1.76. The monoisotopic (exact) mass is 375 g/mol. The molecular weight excluding hydrogens is 348 g/mol. The van der Waals surface area contributed by atoms with E-state index in [2.05, 4.69) is 23.9 Å². The first kappa shape index (κ1) is 19.1. The van der Waals surface area contributed by atoms with Gasteiger partial charge in [0.2, 0.25) is 11.7 Å². The second kappa shape index (κ2) is 7.49. The molecule has 0 saturated carbocycles. The van der Waals surface area contributed by atoms with Crippen LogP contribution < -0.4 is 0 Å². The van der Waals surface area contributed by atoms with Gasteiger partial charge in [0.15, 0.2) is 0 Å². The fraction of sp³-hybridized carbons (Fsp3) is 0.550. The van der Waals surface area contributed by atoms with Crippen LogP contribution in [0, 0.1) is 6.92 Å². The number of aryl methyl sites for hydroxylation is 1. The van der Waals surface area contributed by atoms with Gasteiger partial charge in [0.05, 0.1) is 0 Å². The first-order valence-electron chi connectivity index (χ1n) is 9.30. The molecule has 0 radical (unpaired) electrons. The van der Waals surface area contributed by atoms with Crippen molar-refractivity contribution in [2.24, 2.45) is 5.11 Å². The Bertz CT molecular complexity index is 776. The number of hydrogen-bond donors (Lipinski definition) is 0. The summed E-state index contributed by atoms with van der Waals surface area (Å²) < 4.78 is 1.94. The van der Waals surface area contributed by atoms with Crippen molar-refractivity contribution < 1.29 is 9.49 Å². The number of azo groups is 2. The number of amides is 1. The zero-order valence-electron chi connectivity index (χ0n) is 16.3. The topological polar surface area (TPSA) is 38.9 Å². The SMILES string of the molecule is CC1=C(C(=O)N2CCN(C(C)C)CC2)C(C)[N+](c2ccc(Cl)cc2C)=N1. The van der Waals surface area contributed by atoms with E-state index in [0.29, 0.717) is 11.1 Å². The summed E-state index contributed by atoms with van der Waals surface area (Å²) in [6.07, 6.45) is 0. The minimum Gasteiger partial charge on any atom is -0.336 e. The summed E-state index contributed by atoms with van der Waals surface area (Å²) in [5, 5.41) is 5.39. The standard InChI is InChI=1S/C20H28ClN4O/c1-13(2)23-8-10-24(11-9-23)20(26)19-15(4)22-25(16(19)5)18-7-6-17(21)12-14(18)3/h6-7,12-13,16H,8-11H2,1-5H3/q+1. The zero-order chi connectivity index (χ0) is 19.0. The van der Waals surface area contributed by atoms with Crippen molar-refractivity contribution in [1.29, 1.82) is 0 Å². The maximum absolute atomic E-state index is 13.2. The molecule has 0 aromatic heterocycles. The normalized spacial score (nSPS) is 21.6. The van der Waals surface area contributed by atoms with E-state index in [1.807, 2.05) is 48.6 Å². The molecule has 1 fully saturated rings. The number of hydrogen-bond acceptors (Lipinski definition) is 3.